The molecule has 0 saturated carbocycles. The van der Waals surface area contributed by atoms with Crippen molar-refractivity contribution in [1.29, 1.82) is 0 Å². The Morgan fingerprint density at radius 2 is 1.72 bits per heavy atom. The molecule has 1 fully saturated rings. The van der Waals surface area contributed by atoms with Crippen LogP contribution in [-0.2, 0) is 16.3 Å². The lowest BCUT2D eigenvalue weighted by molar-refractivity contribution is -0.137. The summed E-state index contributed by atoms with van der Waals surface area (Å²) < 4.78 is 45.7. The number of rotatable bonds is 3. The van der Waals surface area contributed by atoms with Gasteiger partial charge >= 0.3 is 6.18 Å². The van der Waals surface area contributed by atoms with Gasteiger partial charge in [0.2, 0.25) is 0 Å². The highest BCUT2D eigenvalue weighted by atomic mass is 19.4. The molecule has 0 unspecified atom stereocenters. The number of ether oxygens (including phenoxy) is 1. The van der Waals surface area contributed by atoms with Gasteiger partial charge in [-0.2, -0.15) is 13.2 Å². The summed E-state index contributed by atoms with van der Waals surface area (Å²) in [5, 5.41) is 0.850. The molecule has 9 heteroatoms. The summed E-state index contributed by atoms with van der Waals surface area (Å²) in [5.74, 6) is -0.534. The molecule has 36 heavy (non-hydrogen) atoms. The molecule has 1 saturated heterocycles. The number of fused-ring (bicyclic) bond motifs is 3. The molecule has 6 rings (SSSR count). The second-order valence-corrected chi connectivity index (χ2v) is 9.75. The summed E-state index contributed by atoms with van der Waals surface area (Å²) in [6.07, 6.45) is -1.37. The van der Waals surface area contributed by atoms with Gasteiger partial charge < -0.3 is 20.3 Å². The summed E-state index contributed by atoms with van der Waals surface area (Å²) in [7, 11) is 2.00. The van der Waals surface area contributed by atoms with E-state index in [-0.39, 0.29) is 5.41 Å². The van der Waals surface area contributed by atoms with E-state index in [0.29, 0.717) is 17.8 Å². The van der Waals surface area contributed by atoms with Crippen molar-refractivity contribution in [2.45, 2.75) is 18.5 Å². The maximum atomic E-state index is 13.4. The average Bonchev–Trinajstić information content (AvgIpc) is 3.19. The number of halogens is 3. The third-order valence-corrected chi connectivity index (χ3v) is 7.13. The first-order chi connectivity index (χ1) is 17.1. The second-order valence-electron chi connectivity index (χ2n) is 9.75. The van der Waals surface area contributed by atoms with Crippen LogP contribution in [0.2, 0.25) is 0 Å². The maximum Gasteiger partial charge on any atom is 0.419 e. The molecular weight excluding hydrogens is 467 g/mol. The van der Waals surface area contributed by atoms with Gasteiger partial charge in [-0.1, -0.05) is 25.1 Å². The van der Waals surface area contributed by atoms with E-state index in [0.717, 1.165) is 47.2 Å². The molecule has 2 aromatic heterocycles. The SMILES string of the molecule is CN1CN(c2ccc(C3(C)COC3)cc2)c2c1cnc1ccc(-c3cnc(N)c(C(F)(F)F)c3)cc21. The Kier molecular flexibility index (Phi) is 4.91. The minimum Gasteiger partial charge on any atom is -0.383 e. The number of aromatic nitrogens is 2. The highest BCUT2D eigenvalue weighted by Crippen LogP contribution is 2.45. The molecule has 6 nitrogen and oxygen atoms in total. The minimum absolute atomic E-state index is 0.0478. The van der Waals surface area contributed by atoms with Gasteiger partial charge in [0.15, 0.2) is 0 Å². The number of alkyl halides is 3. The number of pyridine rings is 2. The van der Waals surface area contributed by atoms with Crippen LogP contribution in [0.5, 0.6) is 0 Å². The predicted molar refractivity (Wildman–Crippen MR) is 134 cm³/mol. The molecule has 0 bridgehead atoms. The first-order valence-electron chi connectivity index (χ1n) is 11.6. The van der Waals surface area contributed by atoms with Crippen LogP contribution in [0.4, 0.5) is 36.1 Å². The Morgan fingerprint density at radius 1 is 0.972 bits per heavy atom. The lowest BCUT2D eigenvalue weighted by Gasteiger charge is -2.38. The number of nitrogen functional groups attached to an aromatic ring is 1. The van der Waals surface area contributed by atoms with E-state index in [1.165, 1.54) is 11.8 Å². The Labute approximate surface area is 206 Å². The van der Waals surface area contributed by atoms with E-state index >= 15 is 0 Å². The van der Waals surface area contributed by atoms with Crippen molar-refractivity contribution in [3.05, 3.63) is 72.1 Å². The van der Waals surface area contributed by atoms with E-state index < -0.39 is 17.6 Å². The molecule has 184 valence electrons. The molecule has 2 aromatic carbocycles. The fourth-order valence-corrected chi connectivity index (χ4v) is 4.96. The summed E-state index contributed by atoms with van der Waals surface area (Å²) in [6.45, 7) is 4.26. The average molecular weight is 492 g/mol. The van der Waals surface area contributed by atoms with Crippen LogP contribution < -0.4 is 15.5 Å². The van der Waals surface area contributed by atoms with Gasteiger partial charge in [0.05, 0.1) is 48.5 Å². The first-order valence-corrected chi connectivity index (χ1v) is 11.6. The molecule has 4 heterocycles. The van der Waals surface area contributed by atoms with Crippen molar-refractivity contribution < 1.29 is 17.9 Å². The molecule has 2 aliphatic rings. The van der Waals surface area contributed by atoms with Crippen molar-refractivity contribution in [2.75, 3.05) is 42.5 Å². The molecule has 2 N–H and O–H groups in total. The maximum absolute atomic E-state index is 13.4. The lowest BCUT2D eigenvalue weighted by atomic mass is 9.81. The standard InChI is InChI=1S/C27H24F3N5O/c1-26(13-36-14-26)18-4-6-19(7-5-18)35-15-34(2)23-12-32-22-8-3-16(9-20(22)24(23)35)17-10-21(27(28,29)30)25(31)33-11-17/h3-12H,13-15H2,1-2H3,(H2,31,33). The van der Waals surface area contributed by atoms with Crippen LogP contribution in [0.3, 0.4) is 0 Å². The Hall–Kier alpha value is -3.85. The quantitative estimate of drug-likeness (QED) is 0.395. The smallest absolute Gasteiger partial charge is 0.383 e. The molecule has 0 atom stereocenters. The number of benzene rings is 2. The van der Waals surface area contributed by atoms with Gasteiger partial charge in [0.25, 0.3) is 0 Å². The number of nitrogens with two attached hydrogens (primary N) is 1. The van der Waals surface area contributed by atoms with Crippen LogP contribution in [0.1, 0.15) is 18.1 Å². The molecule has 0 spiro atoms. The molecular formula is C27H24F3N5O. The largest absolute Gasteiger partial charge is 0.419 e. The molecule has 0 radical (unpaired) electrons. The summed E-state index contributed by atoms with van der Waals surface area (Å²) in [6, 6.07) is 15.0. The highest BCUT2D eigenvalue weighted by Gasteiger charge is 2.36. The predicted octanol–water partition coefficient (Wildman–Crippen LogP) is 5.73. The number of nitrogens with zero attached hydrogens (tertiary/aromatic N) is 4. The van der Waals surface area contributed by atoms with Crippen LogP contribution >= 0.6 is 0 Å². The van der Waals surface area contributed by atoms with Crippen molar-refractivity contribution in [2.24, 2.45) is 0 Å². The van der Waals surface area contributed by atoms with Crippen molar-refractivity contribution >= 4 is 33.8 Å². The number of hydrogen-bond donors (Lipinski definition) is 1. The Balaban J connectivity index is 1.45. The van der Waals surface area contributed by atoms with Crippen LogP contribution in [0.15, 0.2) is 60.9 Å². The van der Waals surface area contributed by atoms with Gasteiger partial charge in [-0.25, -0.2) is 4.98 Å². The fraction of sp³-hybridized carbons (Fsp3) is 0.259. The normalized spacial score (nSPS) is 16.8. The Morgan fingerprint density at radius 3 is 2.39 bits per heavy atom. The van der Waals surface area contributed by atoms with E-state index in [1.807, 2.05) is 25.4 Å². The van der Waals surface area contributed by atoms with Gasteiger partial charge in [-0.15, -0.1) is 0 Å². The van der Waals surface area contributed by atoms with E-state index in [9.17, 15) is 13.2 Å². The van der Waals surface area contributed by atoms with Gasteiger partial charge in [-0.3, -0.25) is 4.98 Å². The molecule has 0 amide bonds. The summed E-state index contributed by atoms with van der Waals surface area (Å²) >= 11 is 0. The Bertz CT molecular complexity index is 1480. The third-order valence-electron chi connectivity index (χ3n) is 7.13. The fourth-order valence-electron chi connectivity index (χ4n) is 4.96. The number of hydrogen-bond acceptors (Lipinski definition) is 6. The van der Waals surface area contributed by atoms with Crippen molar-refractivity contribution in [3.63, 3.8) is 0 Å². The second kappa shape index (κ2) is 7.83. The highest BCUT2D eigenvalue weighted by molar-refractivity contribution is 6.04. The van der Waals surface area contributed by atoms with Gasteiger partial charge in [-0.05, 0) is 41.5 Å². The molecule has 0 aliphatic carbocycles. The zero-order chi connectivity index (χ0) is 25.2. The van der Waals surface area contributed by atoms with Gasteiger partial charge in [0.1, 0.15) is 5.82 Å². The lowest BCUT2D eigenvalue weighted by Crippen LogP contribution is -2.43. The van der Waals surface area contributed by atoms with Crippen molar-refractivity contribution in [3.8, 4) is 11.1 Å². The summed E-state index contributed by atoms with van der Waals surface area (Å²) in [5.41, 5.74) is 10.5. The van der Waals surface area contributed by atoms with E-state index in [4.69, 9.17) is 10.5 Å². The van der Waals surface area contributed by atoms with Crippen LogP contribution in [-0.4, -0.2) is 36.9 Å². The van der Waals surface area contributed by atoms with Crippen LogP contribution in [0, 0.1) is 0 Å². The van der Waals surface area contributed by atoms with E-state index in [1.54, 1.807) is 6.07 Å². The van der Waals surface area contributed by atoms with E-state index in [2.05, 4.69) is 51.0 Å². The summed E-state index contributed by atoms with van der Waals surface area (Å²) in [4.78, 5) is 12.7. The zero-order valence-corrected chi connectivity index (χ0v) is 19.8. The van der Waals surface area contributed by atoms with Crippen molar-refractivity contribution in [1.82, 2.24) is 9.97 Å². The zero-order valence-electron chi connectivity index (χ0n) is 19.8. The minimum atomic E-state index is -4.58. The molecule has 2 aliphatic heterocycles. The van der Waals surface area contributed by atoms with Gasteiger partial charge in [0, 0.05) is 35.3 Å². The molecule has 4 aromatic rings. The van der Waals surface area contributed by atoms with Crippen LogP contribution in [0.25, 0.3) is 22.0 Å². The number of anilines is 4. The first kappa shape index (κ1) is 22.6. The monoisotopic (exact) mass is 491 g/mol. The third kappa shape index (κ3) is 3.53. The topological polar surface area (TPSA) is 67.5 Å².